The lowest BCUT2D eigenvalue weighted by Crippen LogP contribution is -1.90. The van der Waals surface area contributed by atoms with Crippen molar-refractivity contribution in [2.24, 2.45) is 0 Å². The first-order valence-electron chi connectivity index (χ1n) is 7.66. The maximum atomic E-state index is 10.7. The molecule has 2 heterocycles. The number of rotatable bonds is 6. The first-order valence-corrected chi connectivity index (χ1v) is 8.54. The molecule has 0 saturated heterocycles. The lowest BCUT2D eigenvalue weighted by atomic mass is 10.1. The molecule has 0 fully saturated rings. The molecule has 3 rings (SSSR count). The number of ether oxygens (including phenoxy) is 1. The lowest BCUT2D eigenvalue weighted by Gasteiger charge is -2.03. The van der Waals surface area contributed by atoms with Gasteiger partial charge in [-0.15, -0.1) is 11.3 Å². The maximum absolute atomic E-state index is 10.7. The fourth-order valence-electron chi connectivity index (χ4n) is 2.22. The van der Waals surface area contributed by atoms with Crippen molar-refractivity contribution in [2.75, 3.05) is 6.61 Å². The minimum absolute atomic E-state index is 0.228. The molecule has 0 unspecified atom stereocenters. The van der Waals surface area contributed by atoms with Crippen LogP contribution in [0, 0.1) is 21.4 Å². The van der Waals surface area contributed by atoms with E-state index in [1.165, 1.54) is 29.5 Å². The number of furan rings is 1. The molecule has 0 aliphatic carbocycles. The highest BCUT2D eigenvalue weighted by molar-refractivity contribution is 7.11. The van der Waals surface area contributed by atoms with E-state index in [-0.39, 0.29) is 17.2 Å². The Bertz CT molecular complexity index is 996. The van der Waals surface area contributed by atoms with Gasteiger partial charge < -0.3 is 9.15 Å². The van der Waals surface area contributed by atoms with E-state index in [0.29, 0.717) is 11.6 Å². The summed E-state index contributed by atoms with van der Waals surface area (Å²) in [5.74, 6) is 0.637. The summed E-state index contributed by atoms with van der Waals surface area (Å²) in [6.07, 6.45) is 1.44. The quantitative estimate of drug-likeness (QED) is 0.353. The molecule has 8 heteroatoms. The van der Waals surface area contributed by atoms with E-state index in [2.05, 4.69) is 11.1 Å². The zero-order valence-corrected chi connectivity index (χ0v) is 14.5. The standard InChI is InChI=1S/C18H13N3O4S/c1-2-24-14-5-3-12(4-6-14)16-11-26-18(20-16)13(10-19)9-15-7-8-17(25-15)21(22)23/h3-9,11H,2H2,1H3. The molecule has 26 heavy (non-hydrogen) atoms. The third-order valence-electron chi connectivity index (χ3n) is 3.40. The van der Waals surface area contributed by atoms with Crippen molar-refractivity contribution in [2.45, 2.75) is 6.92 Å². The van der Waals surface area contributed by atoms with Crippen molar-refractivity contribution in [3.05, 3.63) is 62.7 Å². The van der Waals surface area contributed by atoms with Crippen LogP contribution in [0.25, 0.3) is 22.9 Å². The number of allylic oxidation sites excluding steroid dienone is 1. The van der Waals surface area contributed by atoms with Gasteiger partial charge in [0.1, 0.15) is 27.5 Å². The summed E-state index contributed by atoms with van der Waals surface area (Å²) in [7, 11) is 0. The summed E-state index contributed by atoms with van der Waals surface area (Å²) < 4.78 is 10.5. The fraction of sp³-hybridized carbons (Fsp3) is 0.111. The molecule has 0 aliphatic heterocycles. The molecule has 0 aliphatic rings. The molecular weight excluding hydrogens is 354 g/mol. The smallest absolute Gasteiger partial charge is 0.433 e. The van der Waals surface area contributed by atoms with Crippen LogP contribution in [-0.4, -0.2) is 16.5 Å². The highest BCUT2D eigenvalue weighted by Gasteiger charge is 2.13. The Morgan fingerprint density at radius 2 is 2.15 bits per heavy atom. The van der Waals surface area contributed by atoms with Gasteiger partial charge in [0.25, 0.3) is 0 Å². The van der Waals surface area contributed by atoms with Crippen molar-refractivity contribution in [1.82, 2.24) is 4.98 Å². The maximum Gasteiger partial charge on any atom is 0.433 e. The van der Waals surface area contributed by atoms with Gasteiger partial charge >= 0.3 is 5.88 Å². The van der Waals surface area contributed by atoms with Gasteiger partial charge in [0.15, 0.2) is 0 Å². The Hall–Kier alpha value is -3.44. The van der Waals surface area contributed by atoms with Gasteiger partial charge in [-0.05, 0) is 37.3 Å². The van der Waals surface area contributed by atoms with Crippen LogP contribution in [0.2, 0.25) is 0 Å². The minimum Gasteiger partial charge on any atom is -0.494 e. The molecule has 3 aromatic rings. The highest BCUT2D eigenvalue weighted by Crippen LogP contribution is 2.29. The second kappa shape index (κ2) is 7.63. The fourth-order valence-corrected chi connectivity index (χ4v) is 3.02. The normalized spacial score (nSPS) is 11.2. The van der Waals surface area contributed by atoms with Crippen LogP contribution >= 0.6 is 11.3 Å². The van der Waals surface area contributed by atoms with Gasteiger partial charge in [-0.2, -0.15) is 5.26 Å². The number of nitrogens with zero attached hydrogens (tertiary/aromatic N) is 3. The van der Waals surface area contributed by atoms with Crippen molar-refractivity contribution < 1.29 is 14.1 Å². The molecule has 2 aromatic heterocycles. The first kappa shape index (κ1) is 17.4. The summed E-state index contributed by atoms with van der Waals surface area (Å²) in [6.45, 7) is 2.52. The van der Waals surface area contributed by atoms with Gasteiger partial charge in [0.2, 0.25) is 0 Å². The Morgan fingerprint density at radius 1 is 1.38 bits per heavy atom. The highest BCUT2D eigenvalue weighted by atomic mass is 32.1. The molecule has 0 radical (unpaired) electrons. The number of nitriles is 1. The average Bonchev–Trinajstić information content (AvgIpc) is 3.30. The number of nitro groups is 1. The summed E-state index contributed by atoms with van der Waals surface area (Å²) >= 11 is 1.32. The van der Waals surface area contributed by atoms with Gasteiger partial charge in [-0.3, -0.25) is 10.1 Å². The van der Waals surface area contributed by atoms with Gasteiger partial charge in [0.05, 0.1) is 23.9 Å². The van der Waals surface area contributed by atoms with E-state index in [4.69, 9.17) is 9.15 Å². The van der Waals surface area contributed by atoms with E-state index in [1.807, 2.05) is 36.6 Å². The summed E-state index contributed by atoms with van der Waals surface area (Å²) in [5, 5.41) is 22.4. The van der Waals surface area contributed by atoms with Crippen LogP contribution < -0.4 is 4.74 Å². The molecule has 7 nitrogen and oxygen atoms in total. The molecular formula is C18H13N3O4S. The molecule has 0 saturated carbocycles. The Labute approximate surface area is 152 Å². The van der Waals surface area contributed by atoms with Crippen LogP contribution in [0.1, 0.15) is 17.7 Å². The van der Waals surface area contributed by atoms with Gasteiger partial charge in [0, 0.05) is 17.0 Å². The molecule has 130 valence electrons. The topological polar surface area (TPSA) is 102 Å². The predicted molar refractivity (Wildman–Crippen MR) is 97.6 cm³/mol. The second-order valence-electron chi connectivity index (χ2n) is 5.10. The van der Waals surface area contributed by atoms with Gasteiger partial charge in [-0.25, -0.2) is 4.98 Å². The SMILES string of the molecule is CCOc1ccc(-c2csc(C(C#N)=Cc3ccc([N+](=O)[O-])o3)n2)cc1. The molecule has 1 aromatic carbocycles. The molecule has 0 atom stereocenters. The Balaban J connectivity index is 1.85. The monoisotopic (exact) mass is 367 g/mol. The van der Waals surface area contributed by atoms with E-state index < -0.39 is 4.92 Å². The van der Waals surface area contributed by atoms with Crippen LogP contribution in [-0.2, 0) is 0 Å². The van der Waals surface area contributed by atoms with E-state index in [9.17, 15) is 15.4 Å². The predicted octanol–water partition coefficient (Wildman–Crippen LogP) is 4.77. The van der Waals surface area contributed by atoms with Crippen molar-refractivity contribution >= 4 is 28.9 Å². The van der Waals surface area contributed by atoms with Crippen LogP contribution in [0.4, 0.5) is 5.88 Å². The lowest BCUT2D eigenvalue weighted by molar-refractivity contribution is -0.402. The Kier molecular flexibility index (Phi) is 5.10. The third kappa shape index (κ3) is 3.79. The van der Waals surface area contributed by atoms with E-state index >= 15 is 0 Å². The number of thiazole rings is 1. The zero-order chi connectivity index (χ0) is 18.5. The van der Waals surface area contributed by atoms with Crippen LogP contribution in [0.5, 0.6) is 5.75 Å². The van der Waals surface area contributed by atoms with Gasteiger partial charge in [-0.1, -0.05) is 0 Å². The molecule has 0 N–H and O–H groups in total. The van der Waals surface area contributed by atoms with E-state index in [1.54, 1.807) is 0 Å². The van der Waals surface area contributed by atoms with E-state index in [0.717, 1.165) is 17.0 Å². The summed E-state index contributed by atoms with van der Waals surface area (Å²) in [4.78, 5) is 14.5. The van der Waals surface area contributed by atoms with Crippen LogP contribution in [0.15, 0.2) is 46.2 Å². The van der Waals surface area contributed by atoms with Crippen LogP contribution in [0.3, 0.4) is 0 Å². The largest absolute Gasteiger partial charge is 0.494 e. The average molecular weight is 367 g/mol. The first-order chi connectivity index (χ1) is 12.6. The molecule has 0 amide bonds. The summed E-state index contributed by atoms with van der Waals surface area (Å²) in [6, 6.07) is 12.3. The third-order valence-corrected chi connectivity index (χ3v) is 4.27. The Morgan fingerprint density at radius 3 is 2.77 bits per heavy atom. The van der Waals surface area contributed by atoms with Crippen molar-refractivity contribution in [3.63, 3.8) is 0 Å². The molecule has 0 spiro atoms. The number of hydrogen-bond acceptors (Lipinski definition) is 7. The molecule has 0 bridgehead atoms. The summed E-state index contributed by atoms with van der Waals surface area (Å²) in [5.41, 5.74) is 1.91. The number of benzene rings is 1. The number of aromatic nitrogens is 1. The zero-order valence-electron chi connectivity index (χ0n) is 13.7. The van der Waals surface area contributed by atoms with Crippen molar-refractivity contribution in [3.8, 4) is 23.1 Å². The van der Waals surface area contributed by atoms with Crippen molar-refractivity contribution in [1.29, 1.82) is 5.26 Å². The number of hydrogen-bond donors (Lipinski definition) is 0. The second-order valence-corrected chi connectivity index (χ2v) is 5.96. The minimum atomic E-state index is -0.628.